The minimum atomic E-state index is -0.562. The van der Waals surface area contributed by atoms with E-state index in [1.807, 2.05) is 203 Å². The normalized spacial score (nSPS) is 19.1. The van der Waals surface area contributed by atoms with Gasteiger partial charge in [0.15, 0.2) is 0 Å². The van der Waals surface area contributed by atoms with Crippen molar-refractivity contribution < 1.29 is 47.4 Å². The standard InChI is InChI=1S/2C23H24N4O2.C20H21BrN2O2.C14H23BN2O4/c2*1-16(18-4-3-5-21(12-18)29-2)27-22(28)26(15-23(27)10-11-23)20-8-6-17(7-9-20)19-13-24-25-14-19;1-14(15-4-3-5-18(12-15)25-2)23-19(24)22(13-20(23)10-11-20)17-8-6-16(21)7-9-17;1-12(2,3)19-11(18)17-9-10(8-16-17)15-20-13(4,5)14(6,7)21-15/h2*3-9,12-14,16H,10-11,15H2,1-2H3,(H,24,25);3-9,12,14H,10-11,13H2,1-2H3;8-9H,1-7H3. The highest BCUT2D eigenvalue weighted by molar-refractivity contribution is 9.10. The molecule has 3 saturated carbocycles. The van der Waals surface area contributed by atoms with Gasteiger partial charge >= 0.3 is 31.3 Å². The first kappa shape index (κ1) is 72.4. The lowest BCUT2D eigenvalue weighted by Gasteiger charge is -2.32. The molecule has 7 aliphatic rings. The van der Waals surface area contributed by atoms with Crippen molar-refractivity contribution >= 4 is 69.8 Å². The molecule has 4 saturated heterocycles. The summed E-state index contributed by atoms with van der Waals surface area (Å²) in [4.78, 5) is 64.0. The molecule has 542 valence electrons. The second-order valence-electron chi connectivity index (χ2n) is 30.1. The van der Waals surface area contributed by atoms with Crippen molar-refractivity contribution in [3.8, 4) is 39.5 Å². The number of carbonyl (C=O) groups excluding carboxylic acids is 4. The number of nitrogens with one attached hydrogen (secondary N) is 2. The Labute approximate surface area is 617 Å². The van der Waals surface area contributed by atoms with E-state index in [0.29, 0.717) is 5.46 Å². The fourth-order valence-electron chi connectivity index (χ4n) is 14.4. The second-order valence-corrected chi connectivity index (χ2v) is 31.0. The van der Waals surface area contributed by atoms with E-state index in [2.05, 4.69) is 95.1 Å². The van der Waals surface area contributed by atoms with Crippen LogP contribution in [0.2, 0.25) is 0 Å². The van der Waals surface area contributed by atoms with Crippen molar-refractivity contribution in [1.82, 2.24) is 44.9 Å². The first-order chi connectivity index (χ1) is 49.7. The molecule has 3 aliphatic carbocycles. The molecule has 6 aromatic carbocycles. The van der Waals surface area contributed by atoms with E-state index in [1.165, 1.54) is 0 Å². The number of hydrogen-bond acceptors (Lipinski definition) is 13. The summed E-state index contributed by atoms with van der Waals surface area (Å²) >= 11 is 3.46. The molecular weight excluding hydrogens is 1380 g/mol. The Morgan fingerprint density at radius 3 is 1.16 bits per heavy atom. The van der Waals surface area contributed by atoms with Crippen molar-refractivity contribution in [2.24, 2.45) is 0 Å². The summed E-state index contributed by atoms with van der Waals surface area (Å²) in [5.41, 5.74) is 9.53. The highest BCUT2D eigenvalue weighted by atomic mass is 79.9. The Balaban J connectivity index is 0.000000124. The van der Waals surface area contributed by atoms with E-state index in [4.69, 9.17) is 28.3 Å². The molecule has 22 nitrogen and oxygen atoms in total. The van der Waals surface area contributed by atoms with Crippen LogP contribution in [-0.4, -0.2) is 151 Å². The van der Waals surface area contributed by atoms with Gasteiger partial charge in [-0.1, -0.05) is 76.6 Å². The summed E-state index contributed by atoms with van der Waals surface area (Å²) in [6.45, 7) is 21.9. The molecule has 24 heteroatoms. The van der Waals surface area contributed by atoms with E-state index < -0.39 is 30.0 Å². The van der Waals surface area contributed by atoms with Crippen LogP contribution in [-0.2, 0) is 14.0 Å². The van der Waals surface area contributed by atoms with E-state index in [0.717, 1.165) is 141 Å². The van der Waals surface area contributed by atoms with Gasteiger partial charge in [0.25, 0.3) is 0 Å². The fourth-order valence-corrected chi connectivity index (χ4v) is 14.6. The van der Waals surface area contributed by atoms with Gasteiger partial charge < -0.3 is 43.0 Å². The molecule has 3 spiro atoms. The van der Waals surface area contributed by atoms with Gasteiger partial charge in [-0.15, -0.1) is 0 Å². The Morgan fingerprint density at radius 2 is 0.856 bits per heavy atom. The number of hydrogen-bond donors (Lipinski definition) is 2. The van der Waals surface area contributed by atoms with Crippen molar-refractivity contribution in [1.29, 1.82) is 0 Å². The Bertz CT molecular complexity index is 4350. The fraction of sp³-hybridized carbons (Fsp3) is 0.388. The van der Waals surface area contributed by atoms with Crippen molar-refractivity contribution in [2.75, 3.05) is 55.7 Å². The number of aromatic nitrogens is 6. The third-order valence-corrected chi connectivity index (χ3v) is 22.0. The van der Waals surface area contributed by atoms with Gasteiger partial charge in [-0.25, -0.2) is 19.2 Å². The average molecular weight is 1470 g/mol. The van der Waals surface area contributed by atoms with Gasteiger partial charge in [-0.3, -0.25) is 24.9 Å². The maximum atomic E-state index is 13.5. The van der Waals surface area contributed by atoms with Gasteiger partial charge in [0.05, 0.1) is 99.3 Å². The van der Waals surface area contributed by atoms with E-state index in [-0.39, 0.29) is 52.8 Å². The van der Waals surface area contributed by atoms with Crippen LogP contribution in [0.1, 0.15) is 143 Å². The molecule has 16 rings (SSSR count). The molecule has 3 atom stereocenters. The van der Waals surface area contributed by atoms with Crippen molar-refractivity contribution in [3.63, 3.8) is 0 Å². The molecular formula is C80H92BBrN12O10. The number of nitrogens with zero attached hydrogens (tertiary/aromatic N) is 10. The van der Waals surface area contributed by atoms with Gasteiger partial charge in [0.2, 0.25) is 0 Å². The van der Waals surface area contributed by atoms with E-state index in [9.17, 15) is 19.2 Å². The first-order valence-corrected chi connectivity index (χ1v) is 36.3. The molecule has 3 aromatic heterocycles. The predicted octanol–water partition coefficient (Wildman–Crippen LogP) is 16.2. The van der Waals surface area contributed by atoms with Crippen LogP contribution in [0.15, 0.2) is 187 Å². The molecule has 0 bridgehead atoms. The number of halogens is 1. The SMILES string of the molecule is CC(C)(C)OC(=O)n1cc(B2OC(C)(C)C(C)(C)O2)cn1.COc1cccc(C(C)N2C(=O)N(c3ccc(-c4cn[nH]c4)cc3)CC23CC3)c1.COc1cccc(C(C)N2C(=O)N(c3ccc(-c4cn[nH]c4)cc3)CC23CC3)c1.COc1cccc(C(C)N2C(=O)N(c3ccc(Br)cc3)CC23CC3)c1. The van der Waals surface area contributed by atoms with Crippen LogP contribution in [0.5, 0.6) is 17.2 Å². The van der Waals surface area contributed by atoms with Crippen LogP contribution in [0.4, 0.5) is 36.2 Å². The molecule has 7 heterocycles. The zero-order valence-electron chi connectivity index (χ0n) is 61.4. The number of urea groups is 3. The Kier molecular flexibility index (Phi) is 19.9. The highest BCUT2D eigenvalue weighted by Crippen LogP contribution is 2.55. The lowest BCUT2D eigenvalue weighted by molar-refractivity contribution is 0.00578. The number of H-pyrrole nitrogens is 2. The quantitative estimate of drug-likeness (QED) is 0.0914. The van der Waals surface area contributed by atoms with E-state index in [1.54, 1.807) is 46.1 Å². The lowest BCUT2D eigenvalue weighted by atomic mass is 9.82. The monoisotopic (exact) mass is 1470 g/mol. The molecule has 4 aliphatic heterocycles. The smallest absolute Gasteiger partial charge is 0.497 e. The molecule has 7 fully saturated rings. The number of carbonyl (C=O) groups is 4. The molecule has 0 radical (unpaired) electrons. The third-order valence-electron chi connectivity index (χ3n) is 21.4. The summed E-state index contributed by atoms with van der Waals surface area (Å²) in [6, 6.07) is 48.5. The lowest BCUT2D eigenvalue weighted by Crippen LogP contribution is -2.41. The number of methoxy groups -OCH3 is 3. The molecule has 104 heavy (non-hydrogen) atoms. The highest BCUT2D eigenvalue weighted by Gasteiger charge is 2.62. The average Bonchev–Trinajstić information content (AvgIpc) is 1.60. The van der Waals surface area contributed by atoms with Crippen molar-refractivity contribution in [3.05, 3.63) is 204 Å². The zero-order valence-corrected chi connectivity index (χ0v) is 63.0. The number of benzene rings is 6. The summed E-state index contributed by atoms with van der Waals surface area (Å²) in [6.07, 6.45) is 16.3. The van der Waals surface area contributed by atoms with Crippen LogP contribution < -0.4 is 34.4 Å². The van der Waals surface area contributed by atoms with Gasteiger partial charge in [0.1, 0.15) is 22.8 Å². The molecule has 2 N–H and O–H groups in total. The third kappa shape index (κ3) is 14.8. The molecule has 6 amide bonds. The largest absolute Gasteiger partial charge is 0.498 e. The van der Waals surface area contributed by atoms with Crippen LogP contribution in [0, 0.1) is 0 Å². The minimum Gasteiger partial charge on any atom is -0.497 e. The number of aromatic amines is 2. The summed E-state index contributed by atoms with van der Waals surface area (Å²) in [5, 5.41) is 17.7. The summed E-state index contributed by atoms with van der Waals surface area (Å²) < 4.78 is 35.4. The maximum absolute atomic E-state index is 13.5. The van der Waals surface area contributed by atoms with Crippen molar-refractivity contribution in [2.45, 2.75) is 159 Å². The van der Waals surface area contributed by atoms with Crippen LogP contribution in [0.25, 0.3) is 22.3 Å². The number of rotatable bonds is 15. The predicted molar refractivity (Wildman–Crippen MR) is 406 cm³/mol. The zero-order chi connectivity index (χ0) is 73.7. The Morgan fingerprint density at radius 1 is 0.510 bits per heavy atom. The molecule has 9 aromatic rings. The summed E-state index contributed by atoms with van der Waals surface area (Å²) in [5.74, 6) is 2.46. The van der Waals surface area contributed by atoms with Gasteiger partial charge in [0, 0.05) is 62.9 Å². The second kappa shape index (κ2) is 28.6. The molecule has 3 unspecified atom stereocenters. The summed E-state index contributed by atoms with van der Waals surface area (Å²) in [7, 11) is 4.47. The van der Waals surface area contributed by atoms with Gasteiger partial charge in [-0.05, 0) is 221 Å². The van der Waals surface area contributed by atoms with Crippen LogP contribution in [0.3, 0.4) is 0 Å². The number of anilines is 3. The Hall–Kier alpha value is -9.91. The van der Waals surface area contributed by atoms with Gasteiger partial charge in [-0.2, -0.15) is 20.0 Å². The number of ether oxygens (including phenoxy) is 4. The topological polar surface area (TPSA) is 218 Å². The maximum Gasteiger partial charge on any atom is 0.498 e. The van der Waals surface area contributed by atoms with E-state index >= 15 is 0 Å². The minimum absolute atomic E-state index is 0.00435. The van der Waals surface area contributed by atoms with Crippen LogP contribution >= 0.6 is 15.9 Å². The first-order valence-electron chi connectivity index (χ1n) is 35.5. The number of amides is 6.